The number of nitrogens with one attached hydrogen (secondary N) is 1. The summed E-state index contributed by atoms with van der Waals surface area (Å²) < 4.78 is 27.0. The lowest BCUT2D eigenvalue weighted by Gasteiger charge is -2.11. The average molecular weight is 224 g/mol. The summed E-state index contributed by atoms with van der Waals surface area (Å²) in [6.07, 6.45) is 1.55. The normalized spacial score (nSPS) is 11.4. The van der Waals surface area contributed by atoms with Crippen LogP contribution in [0.2, 0.25) is 0 Å². The van der Waals surface area contributed by atoms with Crippen molar-refractivity contribution >= 4 is 5.70 Å². The lowest BCUT2D eigenvalue weighted by molar-refractivity contribution is 0.574. The molecule has 0 unspecified atom stereocenters. The van der Waals surface area contributed by atoms with E-state index in [-0.39, 0.29) is 12.2 Å². The van der Waals surface area contributed by atoms with E-state index in [9.17, 15) is 8.78 Å². The van der Waals surface area contributed by atoms with Crippen molar-refractivity contribution in [2.45, 2.75) is 6.92 Å². The van der Waals surface area contributed by atoms with E-state index in [0.29, 0.717) is 11.3 Å². The Kier molecular flexibility index (Phi) is 4.19. The van der Waals surface area contributed by atoms with E-state index >= 15 is 0 Å². The molecule has 1 aromatic rings. The molecule has 0 aromatic heterocycles. The summed E-state index contributed by atoms with van der Waals surface area (Å²) in [6.45, 7) is 5.48. The molecule has 0 saturated heterocycles. The summed E-state index contributed by atoms with van der Waals surface area (Å²) >= 11 is 0. The van der Waals surface area contributed by atoms with Crippen molar-refractivity contribution in [2.75, 3.05) is 6.67 Å². The topological polar surface area (TPSA) is 38.0 Å². The fourth-order valence-electron chi connectivity index (χ4n) is 1.32. The van der Waals surface area contributed by atoms with Crippen molar-refractivity contribution in [3.05, 3.63) is 53.6 Å². The van der Waals surface area contributed by atoms with E-state index in [4.69, 9.17) is 5.73 Å². The lowest BCUT2D eigenvalue weighted by Crippen LogP contribution is -2.22. The van der Waals surface area contributed by atoms with Gasteiger partial charge in [-0.15, -0.1) is 0 Å². The molecule has 0 aliphatic rings. The maximum atomic E-state index is 13.5. The molecule has 3 N–H and O–H groups in total. The van der Waals surface area contributed by atoms with Gasteiger partial charge in [-0.25, -0.2) is 8.78 Å². The van der Waals surface area contributed by atoms with Gasteiger partial charge in [-0.1, -0.05) is 18.2 Å². The van der Waals surface area contributed by atoms with Crippen molar-refractivity contribution in [1.82, 2.24) is 5.32 Å². The Morgan fingerprint density at radius 2 is 2.00 bits per heavy atom. The quantitative estimate of drug-likeness (QED) is 0.608. The Bertz CT molecular complexity index is 405. The predicted octanol–water partition coefficient (Wildman–Crippen LogP) is 2.39. The highest BCUT2D eigenvalue weighted by Gasteiger charge is 2.12. The molecule has 16 heavy (non-hydrogen) atoms. The summed E-state index contributed by atoms with van der Waals surface area (Å²) in [5.41, 5.74) is 6.18. The second-order valence-corrected chi connectivity index (χ2v) is 3.38. The van der Waals surface area contributed by atoms with Crippen LogP contribution in [0.1, 0.15) is 12.5 Å². The van der Waals surface area contributed by atoms with E-state index in [1.165, 1.54) is 18.2 Å². The molecule has 0 heterocycles. The van der Waals surface area contributed by atoms with Gasteiger partial charge in [0.1, 0.15) is 11.6 Å². The highest BCUT2D eigenvalue weighted by atomic mass is 19.1. The third-order valence-corrected chi connectivity index (χ3v) is 1.92. The number of hydrogen-bond donors (Lipinski definition) is 2. The highest BCUT2D eigenvalue weighted by molar-refractivity contribution is 5.67. The molecular weight excluding hydrogens is 210 g/mol. The Balaban J connectivity index is 3.26. The number of benzene rings is 1. The third-order valence-electron chi connectivity index (χ3n) is 1.92. The second-order valence-electron chi connectivity index (χ2n) is 3.38. The van der Waals surface area contributed by atoms with Crippen molar-refractivity contribution in [2.24, 2.45) is 5.73 Å². The van der Waals surface area contributed by atoms with Gasteiger partial charge in [-0.3, -0.25) is 0 Å². The van der Waals surface area contributed by atoms with Crippen LogP contribution < -0.4 is 11.1 Å². The zero-order valence-electron chi connectivity index (χ0n) is 9.06. The van der Waals surface area contributed by atoms with Gasteiger partial charge in [0, 0.05) is 5.70 Å². The first-order valence-corrected chi connectivity index (χ1v) is 4.81. The molecule has 0 fully saturated rings. The Labute approximate surface area is 93.5 Å². The molecule has 0 atom stereocenters. The van der Waals surface area contributed by atoms with Crippen LogP contribution in [0.5, 0.6) is 0 Å². The SMILES string of the molecule is C=C(C)/C=C(\NCN)c1c(F)cccc1F. The summed E-state index contributed by atoms with van der Waals surface area (Å²) in [7, 11) is 0. The molecule has 0 saturated carbocycles. The number of allylic oxidation sites excluding steroid dienone is 2. The van der Waals surface area contributed by atoms with Crippen LogP contribution in [0.25, 0.3) is 5.70 Å². The molecule has 0 spiro atoms. The molecular formula is C12H14F2N2. The molecule has 4 heteroatoms. The average Bonchev–Trinajstić information content (AvgIpc) is 2.16. The smallest absolute Gasteiger partial charge is 0.135 e. The number of hydrogen-bond acceptors (Lipinski definition) is 2. The fourth-order valence-corrected chi connectivity index (χ4v) is 1.32. The molecule has 0 aliphatic heterocycles. The summed E-state index contributed by atoms with van der Waals surface area (Å²) in [5, 5.41) is 2.71. The van der Waals surface area contributed by atoms with Gasteiger partial charge in [0.25, 0.3) is 0 Å². The Morgan fingerprint density at radius 3 is 2.44 bits per heavy atom. The van der Waals surface area contributed by atoms with Crippen LogP contribution in [0, 0.1) is 11.6 Å². The van der Waals surface area contributed by atoms with Gasteiger partial charge in [-0.2, -0.15) is 0 Å². The largest absolute Gasteiger partial charge is 0.372 e. The van der Waals surface area contributed by atoms with Crippen LogP contribution in [-0.2, 0) is 0 Å². The summed E-state index contributed by atoms with van der Waals surface area (Å²) in [5.74, 6) is -1.26. The number of halogens is 2. The van der Waals surface area contributed by atoms with Crippen LogP contribution >= 0.6 is 0 Å². The van der Waals surface area contributed by atoms with E-state index in [0.717, 1.165) is 0 Å². The molecule has 2 nitrogen and oxygen atoms in total. The first-order valence-electron chi connectivity index (χ1n) is 4.81. The second kappa shape index (κ2) is 5.42. The van der Waals surface area contributed by atoms with Gasteiger partial charge in [0.05, 0.1) is 12.2 Å². The molecule has 1 aromatic carbocycles. The minimum absolute atomic E-state index is 0.0902. The van der Waals surface area contributed by atoms with E-state index in [1.807, 2.05) is 0 Å². The molecule has 0 aliphatic carbocycles. The van der Waals surface area contributed by atoms with Crippen LogP contribution in [-0.4, -0.2) is 6.67 Å². The van der Waals surface area contributed by atoms with Crippen molar-refractivity contribution in [3.8, 4) is 0 Å². The maximum absolute atomic E-state index is 13.5. The predicted molar refractivity (Wildman–Crippen MR) is 61.3 cm³/mol. The van der Waals surface area contributed by atoms with Crippen LogP contribution in [0.15, 0.2) is 36.4 Å². The van der Waals surface area contributed by atoms with E-state index in [2.05, 4.69) is 11.9 Å². The first-order chi connectivity index (χ1) is 7.56. The van der Waals surface area contributed by atoms with Crippen molar-refractivity contribution in [1.29, 1.82) is 0 Å². The van der Waals surface area contributed by atoms with Gasteiger partial charge in [0.15, 0.2) is 0 Å². The summed E-state index contributed by atoms with van der Waals surface area (Å²) in [4.78, 5) is 0. The zero-order chi connectivity index (χ0) is 12.1. The standard InChI is InChI=1S/C12H14F2N2/c1-8(2)6-11(16-7-15)12-9(13)4-3-5-10(12)14/h3-6,16H,1,7,15H2,2H3/b11-6-. The van der Waals surface area contributed by atoms with Crippen LogP contribution in [0.3, 0.4) is 0 Å². The number of rotatable bonds is 4. The van der Waals surface area contributed by atoms with Crippen molar-refractivity contribution < 1.29 is 8.78 Å². The molecule has 0 amide bonds. The van der Waals surface area contributed by atoms with Crippen molar-refractivity contribution in [3.63, 3.8) is 0 Å². The zero-order valence-corrected chi connectivity index (χ0v) is 9.06. The Hall–Kier alpha value is -1.68. The molecule has 86 valence electrons. The van der Waals surface area contributed by atoms with Gasteiger partial charge in [-0.05, 0) is 25.1 Å². The minimum atomic E-state index is -0.631. The van der Waals surface area contributed by atoms with E-state index < -0.39 is 11.6 Å². The maximum Gasteiger partial charge on any atom is 0.135 e. The van der Waals surface area contributed by atoms with Gasteiger partial charge < -0.3 is 11.1 Å². The molecule has 1 rings (SSSR count). The first kappa shape index (κ1) is 12.4. The minimum Gasteiger partial charge on any atom is -0.372 e. The van der Waals surface area contributed by atoms with E-state index in [1.54, 1.807) is 13.0 Å². The Morgan fingerprint density at radius 1 is 1.44 bits per heavy atom. The van der Waals surface area contributed by atoms with Gasteiger partial charge in [0.2, 0.25) is 0 Å². The molecule has 0 bridgehead atoms. The van der Waals surface area contributed by atoms with Gasteiger partial charge >= 0.3 is 0 Å². The monoisotopic (exact) mass is 224 g/mol. The number of nitrogens with two attached hydrogens (primary N) is 1. The fraction of sp³-hybridized carbons (Fsp3) is 0.167. The lowest BCUT2D eigenvalue weighted by atomic mass is 10.1. The summed E-state index contributed by atoms with van der Waals surface area (Å²) in [6, 6.07) is 3.71. The molecule has 0 radical (unpaired) electrons. The van der Waals surface area contributed by atoms with Crippen LogP contribution in [0.4, 0.5) is 8.78 Å². The highest BCUT2D eigenvalue weighted by Crippen LogP contribution is 2.20. The third kappa shape index (κ3) is 2.90.